The van der Waals surface area contributed by atoms with Gasteiger partial charge in [0, 0.05) is 132 Å². The number of aromatic nitrogens is 1. The van der Waals surface area contributed by atoms with Crippen LogP contribution in [0.1, 0.15) is 140 Å². The summed E-state index contributed by atoms with van der Waals surface area (Å²) in [5.41, 5.74) is 7.53. The van der Waals surface area contributed by atoms with Crippen LogP contribution >= 0.6 is 33.2 Å². The van der Waals surface area contributed by atoms with E-state index in [0.29, 0.717) is 85.6 Å². The number of Topliss-reactive ketones (excluding diaryl/α,β-unsaturated/α-hetero) is 2. The Morgan fingerprint density at radius 1 is 0.815 bits per heavy atom. The van der Waals surface area contributed by atoms with Gasteiger partial charge < -0.3 is 85.3 Å². The van der Waals surface area contributed by atoms with Crippen molar-refractivity contribution in [3.8, 4) is 11.5 Å². The summed E-state index contributed by atoms with van der Waals surface area (Å²) in [4.78, 5) is 170. The summed E-state index contributed by atoms with van der Waals surface area (Å²) in [7, 11) is 10.4. The number of aliphatic hydroxyl groups excluding tert-OH is 1. The van der Waals surface area contributed by atoms with E-state index in [0.717, 1.165) is 22.0 Å². The minimum atomic E-state index is -1.67. The Labute approximate surface area is 707 Å². The summed E-state index contributed by atoms with van der Waals surface area (Å²) < 4.78 is 30.0. The number of hydrogen-bond acceptors (Lipinski definition) is 22. The number of hydrogen-bond donors (Lipinski definition) is 8. The first kappa shape index (κ1) is 92.2. The van der Waals surface area contributed by atoms with Gasteiger partial charge >= 0.3 is 11.9 Å². The van der Waals surface area contributed by atoms with Crippen LogP contribution in [0.3, 0.4) is 0 Å². The maximum atomic E-state index is 15.5. The van der Waals surface area contributed by atoms with Gasteiger partial charge in [-0.25, -0.2) is 4.79 Å². The van der Waals surface area contributed by atoms with Crippen molar-refractivity contribution >= 4 is 115 Å². The number of carbonyl (C=O) groups is 11. The normalized spacial score (nSPS) is 27.4. The Hall–Kier alpha value is -9.14. The van der Waals surface area contributed by atoms with Crippen molar-refractivity contribution in [3.05, 3.63) is 148 Å². The number of aromatic hydroxyl groups is 1. The molecule has 5 aliphatic heterocycles. The number of phenolic OH excluding ortho intramolecular Hbond substituents is 1. The SMILES string of the molecule is COc1cc2cc(c1Cl)N(C)C(=O)C[C@H](OC(=O)[C@H](C)N(C)C(=O)CCSSC1CCN(C(=O)CC[C@H]3C(=O)C[C@@H](Cc4ccc(O)cc4)C(=O)N[C@H](Cc4c[nH]c5ccccc45)C(=O)C[C@@H](CCCCN)C(=O)N[C@@H]([C@@H](C)O)C(=O)N[C@@H](Cc4ccccc4)C(=O)N3C)CC1)[C@]1(C)O[C@H]1[C@H](C)[C@@H]1C[C@@](O)(CC(=O)O1)[C@H](OC)/C=C/C=C(\C)C2. The first-order valence-corrected chi connectivity index (χ1v) is 43.6. The number of nitrogens with one attached hydrogen (secondary N) is 4. The molecule has 5 aliphatic rings. The number of allylic oxidation sites excluding steroid dienone is 3. The van der Waals surface area contributed by atoms with E-state index in [1.54, 1.807) is 110 Å². The molecule has 7 amide bonds. The van der Waals surface area contributed by atoms with Gasteiger partial charge in [-0.15, -0.1) is 0 Å². The van der Waals surface area contributed by atoms with Crippen molar-refractivity contribution in [2.75, 3.05) is 65.6 Å². The molecule has 9 N–H and O–H groups in total. The highest BCUT2D eigenvalue weighted by molar-refractivity contribution is 8.76. The molecule has 119 heavy (non-hydrogen) atoms. The van der Waals surface area contributed by atoms with Crippen molar-refractivity contribution in [2.45, 2.75) is 221 Å². The fourth-order valence-corrected chi connectivity index (χ4v) is 19.3. The van der Waals surface area contributed by atoms with E-state index in [1.807, 2.05) is 37.3 Å². The van der Waals surface area contributed by atoms with E-state index in [-0.39, 0.29) is 85.6 Å². The van der Waals surface area contributed by atoms with Gasteiger partial charge in [0.1, 0.15) is 64.2 Å². The van der Waals surface area contributed by atoms with E-state index in [9.17, 15) is 48.9 Å². The van der Waals surface area contributed by atoms with Crippen LogP contribution in [0, 0.1) is 17.8 Å². The van der Waals surface area contributed by atoms with E-state index in [2.05, 4.69) is 20.9 Å². The summed E-state index contributed by atoms with van der Waals surface area (Å²) in [6.45, 7) is 9.21. The topological polar surface area (TPSA) is 389 Å². The zero-order chi connectivity index (χ0) is 86.2. The average Bonchev–Trinajstić information content (AvgIpc) is 1.57. The van der Waals surface area contributed by atoms with Crippen LogP contribution in [-0.2, 0) is 97.4 Å². The number of halogens is 1. The number of epoxide rings is 1. The summed E-state index contributed by atoms with van der Waals surface area (Å²) in [5, 5.41) is 43.2. The van der Waals surface area contributed by atoms with E-state index in [4.69, 9.17) is 41.0 Å². The van der Waals surface area contributed by atoms with Gasteiger partial charge in [-0.3, -0.25) is 47.9 Å². The van der Waals surface area contributed by atoms with Gasteiger partial charge in [0.05, 0.1) is 49.9 Å². The summed E-state index contributed by atoms with van der Waals surface area (Å²) in [6, 6.07) is 19.0. The predicted molar refractivity (Wildman–Crippen MR) is 453 cm³/mol. The van der Waals surface area contributed by atoms with Crippen molar-refractivity contribution in [1.82, 2.24) is 35.6 Å². The van der Waals surface area contributed by atoms with Crippen LogP contribution in [-0.4, -0.2) is 238 Å². The molecular formula is C88H114ClN9O19S2. The maximum absolute atomic E-state index is 15.5. The predicted octanol–water partition coefficient (Wildman–Crippen LogP) is 8.18. The number of nitrogens with two attached hydrogens (primary N) is 1. The largest absolute Gasteiger partial charge is 0.508 e. The van der Waals surface area contributed by atoms with E-state index >= 15 is 19.2 Å². The number of para-hydroxylation sites is 1. The molecule has 4 bridgehead atoms. The summed E-state index contributed by atoms with van der Waals surface area (Å²) in [5.74, 6) is -9.03. The van der Waals surface area contributed by atoms with Crippen LogP contribution in [0.25, 0.3) is 10.9 Å². The molecule has 4 fully saturated rings. The number of amides is 7. The summed E-state index contributed by atoms with van der Waals surface area (Å²) >= 11 is 6.91. The molecule has 4 aromatic carbocycles. The van der Waals surface area contributed by atoms with Crippen molar-refractivity contribution in [1.29, 1.82) is 0 Å². The number of piperidine rings is 1. The van der Waals surface area contributed by atoms with Crippen LogP contribution in [0.5, 0.6) is 11.5 Å². The van der Waals surface area contributed by atoms with E-state index in [1.165, 1.54) is 79.8 Å². The molecule has 6 heterocycles. The maximum Gasteiger partial charge on any atom is 0.328 e. The number of nitrogens with zero attached hydrogens (tertiary/aromatic N) is 4. The molecule has 0 aliphatic carbocycles. The molecule has 31 heteroatoms. The highest BCUT2D eigenvalue weighted by Crippen LogP contribution is 2.50. The Balaban J connectivity index is 0.810. The second kappa shape index (κ2) is 41.9. The summed E-state index contributed by atoms with van der Waals surface area (Å²) in [6.07, 6.45) is 2.11. The van der Waals surface area contributed by atoms with E-state index < -0.39 is 162 Å². The third-order valence-electron chi connectivity index (χ3n) is 23.8. The minimum absolute atomic E-state index is 0.0134. The molecule has 0 radical (unpaired) electrons. The molecular weight excluding hydrogens is 1590 g/mol. The lowest BCUT2D eigenvalue weighted by molar-refractivity contribution is -0.187. The quantitative estimate of drug-likeness (QED) is 0.0125. The molecule has 0 spiro atoms. The number of likely N-dealkylation sites (tertiary alicyclic amines) is 1. The van der Waals surface area contributed by atoms with Crippen LogP contribution < -0.4 is 31.3 Å². The number of H-pyrrole nitrogens is 1. The van der Waals surface area contributed by atoms with Crippen LogP contribution in [0.4, 0.5) is 5.69 Å². The Morgan fingerprint density at radius 2 is 1.50 bits per heavy atom. The standard InChI is InChI=1S/C88H114ClN9O19S2/c1-51-19-18-25-73(114-10)88(112)48-72(115-78(106)49-88)52(2)81-87(5,117-81)74(47-77(105)96(7)68-42-57(39-51)43-71(113-9)79(68)89)116-86(111)53(3)95(6)75(103)34-38-118-119-62-32-36-98(37-33-62)76(104)31-30-67-70(102)46-59(40-56-26-28-61(100)29-27-56)83(108)92-65(44-60-50-91-64-24-15-14-23-63(60)64)69(101)45-58(22-16-17-35-90)82(107)94-80(54(4)99)84(109)93-66(85(110)97(67)8)41-55-20-12-11-13-21-55/h11-15,18-21,23-29,42-43,50,52-54,58-59,62,65-67,72-74,80-81,91,99-100,112H,16-17,22,30-41,44-49,90H2,1-10H3,(H,92,108)(H,93,109)(H,94,107)/b25-18+,51-19+/t52-,53+,54-,58-,59-,65-,66+,67+,72+,73-,74+,80+,81+,87+,88-/m1/s1. The lowest BCUT2D eigenvalue weighted by atomic mass is 9.78. The number of methoxy groups -OCH3 is 2. The third-order valence-corrected chi connectivity index (χ3v) is 27.2. The Bertz CT molecular complexity index is 4520. The van der Waals surface area contributed by atoms with Gasteiger partial charge in [-0.05, 0) is 132 Å². The smallest absolute Gasteiger partial charge is 0.328 e. The number of fused-ring (bicyclic) bond motifs is 6. The second-order valence-corrected chi connectivity index (χ2v) is 35.6. The molecule has 1 aromatic heterocycles. The molecule has 28 nitrogen and oxygen atoms in total. The number of ketones is 2. The fraction of sp³-hybridized carbons (Fsp3) is 0.534. The number of aromatic amines is 1. The molecule has 0 unspecified atom stereocenters. The van der Waals surface area contributed by atoms with Crippen molar-refractivity contribution in [2.24, 2.45) is 23.5 Å². The van der Waals surface area contributed by atoms with Crippen molar-refractivity contribution in [3.63, 3.8) is 0 Å². The highest BCUT2D eigenvalue weighted by Gasteiger charge is 2.65. The van der Waals surface area contributed by atoms with Gasteiger partial charge in [0.25, 0.3) is 0 Å². The molecule has 10 rings (SSSR count). The number of likely N-dealkylation sites (N-methyl/N-ethyl adjacent to an activating group) is 2. The minimum Gasteiger partial charge on any atom is -0.508 e. The Morgan fingerprint density at radius 3 is 2.19 bits per heavy atom. The number of anilines is 1. The number of benzene rings is 4. The number of ether oxygens (including phenoxy) is 5. The highest BCUT2D eigenvalue weighted by atomic mass is 35.5. The number of aliphatic hydroxyl groups is 2. The number of rotatable bonds is 24. The zero-order valence-corrected chi connectivity index (χ0v) is 71.7. The van der Waals surface area contributed by atoms with Crippen LogP contribution in [0.2, 0.25) is 5.02 Å². The van der Waals surface area contributed by atoms with Crippen molar-refractivity contribution < 1.29 is 91.7 Å². The van der Waals surface area contributed by atoms with Gasteiger partial charge in [-0.2, -0.15) is 0 Å². The molecule has 15 atom stereocenters. The first-order chi connectivity index (χ1) is 56.7. The van der Waals surface area contributed by atoms with Gasteiger partial charge in [0.15, 0.2) is 11.6 Å². The molecule has 5 aromatic rings. The monoisotopic (exact) mass is 1700 g/mol. The Kier molecular flexibility index (Phi) is 32.4. The number of esters is 2. The fourth-order valence-electron chi connectivity index (χ4n) is 16.4. The third kappa shape index (κ3) is 23.7. The first-order valence-electron chi connectivity index (χ1n) is 40.8. The van der Waals surface area contributed by atoms with Crippen LogP contribution in [0.15, 0.2) is 121 Å². The second-order valence-electron chi connectivity index (χ2n) is 32.5. The zero-order valence-electron chi connectivity index (χ0n) is 69.3. The number of phenols is 1. The number of carbonyl (C=O) groups excluding carboxylic acids is 11. The van der Waals surface area contributed by atoms with Gasteiger partial charge in [-0.1, -0.05) is 131 Å². The lowest BCUT2D eigenvalue weighted by Gasteiger charge is -2.41. The molecule has 644 valence electrons. The number of unbranched alkanes of at least 4 members (excludes halogenated alkanes) is 1. The molecule has 4 saturated heterocycles. The average molecular weight is 1700 g/mol. The lowest BCUT2D eigenvalue weighted by Crippen LogP contribution is -2.59. The molecule has 0 saturated carbocycles. The van der Waals surface area contributed by atoms with Gasteiger partial charge in [0.2, 0.25) is 41.4 Å².